The van der Waals surface area contributed by atoms with E-state index < -0.39 is 30.4 Å². The minimum Gasteiger partial charge on any atom is -0.507 e. The molecule has 0 radical (unpaired) electrons. The van der Waals surface area contributed by atoms with Crippen LogP contribution in [0.1, 0.15) is 60.5 Å². The molecule has 0 saturated heterocycles. The van der Waals surface area contributed by atoms with Crippen LogP contribution >= 0.6 is 0 Å². The number of phenols is 1. The van der Waals surface area contributed by atoms with E-state index in [2.05, 4.69) is 9.98 Å². The lowest BCUT2D eigenvalue weighted by Gasteiger charge is -2.20. The van der Waals surface area contributed by atoms with Crippen molar-refractivity contribution in [1.82, 2.24) is 0 Å². The van der Waals surface area contributed by atoms with Gasteiger partial charge in [-0.15, -0.1) is 0 Å². The molecule has 0 aliphatic carbocycles. The number of methoxy groups -OCH3 is 1. The van der Waals surface area contributed by atoms with E-state index in [0.717, 1.165) is 5.56 Å². The van der Waals surface area contributed by atoms with Crippen molar-refractivity contribution in [2.24, 2.45) is 15.7 Å². The van der Waals surface area contributed by atoms with Gasteiger partial charge in [0.25, 0.3) is 0 Å². The van der Waals surface area contributed by atoms with E-state index in [9.17, 15) is 24.9 Å². The quantitative estimate of drug-likeness (QED) is 0.214. The Morgan fingerprint density at radius 3 is 2.29 bits per heavy atom. The Balaban J connectivity index is 1.99. The summed E-state index contributed by atoms with van der Waals surface area (Å²) in [6, 6.07) is 13.4. The van der Waals surface area contributed by atoms with Crippen molar-refractivity contribution in [1.29, 1.82) is 5.41 Å². The first-order valence-electron chi connectivity index (χ1n) is 11.9. The normalized spacial score (nSPS) is 14.8. The van der Waals surface area contributed by atoms with E-state index in [1.807, 2.05) is 26.0 Å². The number of hydrogen-bond acceptors (Lipinski definition) is 7. The Bertz CT molecular complexity index is 1580. The predicted octanol–water partition coefficient (Wildman–Crippen LogP) is 3.07. The first kappa shape index (κ1) is 26.3. The van der Waals surface area contributed by atoms with E-state index in [0.29, 0.717) is 27.6 Å². The van der Waals surface area contributed by atoms with Gasteiger partial charge in [0.2, 0.25) is 0 Å². The molecular formula is C28H28N4O6. The molecule has 3 aromatic rings. The van der Waals surface area contributed by atoms with E-state index in [1.165, 1.54) is 19.2 Å². The van der Waals surface area contributed by atoms with Crippen LogP contribution in [0.25, 0.3) is 11.1 Å². The highest BCUT2D eigenvalue weighted by Crippen LogP contribution is 2.44. The number of aromatic hydroxyl groups is 1. The number of benzene rings is 3. The fraction of sp³-hybridized carbons (Fsp3) is 0.250. The summed E-state index contributed by atoms with van der Waals surface area (Å²) in [7, 11) is 1.49. The summed E-state index contributed by atoms with van der Waals surface area (Å²) in [6.45, 7) is 4.03. The number of amidine groups is 1. The number of carboxylic acid groups (broad SMARTS) is 2. The van der Waals surface area contributed by atoms with Crippen LogP contribution in [-0.4, -0.2) is 40.2 Å². The second-order valence-electron chi connectivity index (χ2n) is 9.36. The molecule has 2 atom stereocenters. The van der Waals surface area contributed by atoms with Crippen LogP contribution in [0.5, 0.6) is 11.5 Å². The summed E-state index contributed by atoms with van der Waals surface area (Å²) >= 11 is 0. The molecule has 10 nitrogen and oxygen atoms in total. The third-order valence-electron chi connectivity index (χ3n) is 6.51. The van der Waals surface area contributed by atoms with Gasteiger partial charge in [-0.25, -0.2) is 0 Å². The number of nitrogens with one attached hydrogen (secondary N) is 1. The molecule has 0 spiro atoms. The number of ether oxygens (including phenoxy) is 1. The van der Waals surface area contributed by atoms with Crippen molar-refractivity contribution >= 4 is 17.8 Å². The molecule has 10 heteroatoms. The zero-order valence-corrected chi connectivity index (χ0v) is 21.1. The zero-order valence-electron chi connectivity index (χ0n) is 21.1. The van der Waals surface area contributed by atoms with Gasteiger partial charge in [0, 0.05) is 22.3 Å². The fourth-order valence-electron chi connectivity index (χ4n) is 4.44. The maximum atomic E-state index is 12.1. The van der Waals surface area contributed by atoms with Crippen LogP contribution < -0.4 is 21.2 Å². The summed E-state index contributed by atoms with van der Waals surface area (Å²) in [6.07, 6.45) is -1.58. The number of carboxylic acids is 2. The van der Waals surface area contributed by atoms with Crippen LogP contribution in [0.15, 0.2) is 58.5 Å². The minimum absolute atomic E-state index is 0.131. The highest BCUT2D eigenvalue weighted by atomic mass is 16.5. The van der Waals surface area contributed by atoms with Crippen molar-refractivity contribution in [2.45, 2.75) is 38.3 Å². The van der Waals surface area contributed by atoms with Gasteiger partial charge in [0.1, 0.15) is 17.3 Å². The number of hydrogen-bond donors (Lipinski definition) is 5. The smallest absolute Gasteiger partial charge is 0.311 e. The van der Waals surface area contributed by atoms with E-state index >= 15 is 0 Å². The summed E-state index contributed by atoms with van der Waals surface area (Å²) < 4.78 is 5.55. The third-order valence-corrected chi connectivity index (χ3v) is 6.51. The number of phenolic OH excluding ortho intramolecular Hbond substituents is 1. The highest BCUT2D eigenvalue weighted by Gasteiger charge is 2.29. The number of nitrogens with zero attached hydrogens (tertiary/aromatic N) is 2. The first-order valence-corrected chi connectivity index (χ1v) is 11.9. The third kappa shape index (κ3) is 5.06. The molecule has 0 saturated carbocycles. The van der Waals surface area contributed by atoms with Crippen molar-refractivity contribution in [3.8, 4) is 22.6 Å². The summed E-state index contributed by atoms with van der Waals surface area (Å²) in [5, 5.41) is 39.4. The lowest BCUT2D eigenvalue weighted by molar-refractivity contribution is -0.145. The molecule has 1 aliphatic rings. The van der Waals surface area contributed by atoms with Crippen LogP contribution in [0, 0.1) is 5.41 Å². The fourth-order valence-corrected chi connectivity index (χ4v) is 4.44. The van der Waals surface area contributed by atoms with Gasteiger partial charge in [-0.2, -0.15) is 0 Å². The molecule has 2 unspecified atom stereocenters. The van der Waals surface area contributed by atoms with E-state index in [-0.39, 0.29) is 34.2 Å². The molecule has 0 amide bonds. The minimum atomic E-state index is -1.38. The Labute approximate surface area is 218 Å². The molecule has 4 rings (SSSR count). The van der Waals surface area contributed by atoms with Gasteiger partial charge in [-0.1, -0.05) is 19.9 Å². The topological polar surface area (TPSA) is 179 Å². The number of nitrogen functional groups attached to an aromatic ring is 1. The Morgan fingerprint density at radius 1 is 1.00 bits per heavy atom. The Hall–Kier alpha value is -4.73. The molecule has 0 fully saturated rings. The highest BCUT2D eigenvalue weighted by molar-refractivity contribution is 5.94. The van der Waals surface area contributed by atoms with E-state index in [4.69, 9.17) is 15.9 Å². The Kier molecular flexibility index (Phi) is 7.16. The van der Waals surface area contributed by atoms with Crippen molar-refractivity contribution in [3.05, 3.63) is 81.5 Å². The molecule has 0 aromatic heterocycles. The average molecular weight is 517 g/mol. The van der Waals surface area contributed by atoms with Crippen molar-refractivity contribution in [2.75, 3.05) is 7.11 Å². The molecule has 196 valence electrons. The second kappa shape index (κ2) is 10.3. The molecule has 3 aromatic carbocycles. The van der Waals surface area contributed by atoms with Crippen LogP contribution in [0.4, 0.5) is 0 Å². The van der Waals surface area contributed by atoms with Gasteiger partial charge in [-0.3, -0.25) is 25.0 Å². The second-order valence-corrected chi connectivity index (χ2v) is 9.36. The lowest BCUT2D eigenvalue weighted by Crippen LogP contribution is -2.24. The zero-order chi connectivity index (χ0) is 27.7. The van der Waals surface area contributed by atoms with Crippen LogP contribution in [0.2, 0.25) is 0 Å². The Morgan fingerprint density at radius 2 is 1.68 bits per heavy atom. The van der Waals surface area contributed by atoms with Gasteiger partial charge in [-0.05, 0) is 59.5 Å². The summed E-state index contributed by atoms with van der Waals surface area (Å²) in [5.41, 5.74) is 8.23. The molecular weight excluding hydrogens is 488 g/mol. The van der Waals surface area contributed by atoms with Crippen LogP contribution in [0.3, 0.4) is 0 Å². The summed E-state index contributed by atoms with van der Waals surface area (Å²) in [5.74, 6) is -3.66. The molecule has 1 heterocycles. The van der Waals surface area contributed by atoms with Gasteiger partial charge >= 0.3 is 11.9 Å². The van der Waals surface area contributed by atoms with Gasteiger partial charge in [0.15, 0.2) is 6.17 Å². The monoisotopic (exact) mass is 516 g/mol. The lowest BCUT2D eigenvalue weighted by atomic mass is 9.88. The largest absolute Gasteiger partial charge is 0.507 e. The van der Waals surface area contributed by atoms with Gasteiger partial charge in [0.05, 0.1) is 30.2 Å². The standard InChI is InChI=1S/C28H28N4O6/c1-13(2)14-5-7-23(38-3)18(8-14)19-9-16(17(28(36)37)12-24(33)34)10-20(25(19)35)27-31-21-6-4-15(26(29)30)11-22(21)32-27/h4-11,13,17,27,35H,12H2,1-3H3,(H3,29,30)(H,33,34)(H,36,37). The van der Waals surface area contributed by atoms with Crippen molar-refractivity contribution in [3.63, 3.8) is 0 Å². The number of aliphatic carboxylic acids is 2. The number of fused-ring (bicyclic) bond motifs is 1. The average Bonchev–Trinajstić information content (AvgIpc) is 3.30. The number of nitrogens with two attached hydrogens (primary N) is 1. The first-order chi connectivity index (χ1) is 18.0. The maximum absolute atomic E-state index is 12.1. The number of rotatable bonds is 9. The van der Waals surface area contributed by atoms with E-state index in [1.54, 1.807) is 24.3 Å². The predicted molar refractivity (Wildman–Crippen MR) is 139 cm³/mol. The SMILES string of the molecule is COc1ccc(C(C)C)cc1-c1cc(C(CC(=O)O)C(=O)O)cc(C2N=c3ccc(C(=N)N)cc3=N2)c1O. The number of carbonyl (C=O) groups is 2. The molecule has 38 heavy (non-hydrogen) atoms. The van der Waals surface area contributed by atoms with Crippen molar-refractivity contribution < 1.29 is 29.6 Å². The summed E-state index contributed by atoms with van der Waals surface area (Å²) in [4.78, 5) is 32.8. The molecule has 6 N–H and O–H groups in total. The maximum Gasteiger partial charge on any atom is 0.311 e. The molecule has 1 aliphatic heterocycles. The molecule has 0 bridgehead atoms. The van der Waals surface area contributed by atoms with Gasteiger partial charge < -0.3 is 25.8 Å². The van der Waals surface area contributed by atoms with Crippen LogP contribution in [-0.2, 0) is 9.59 Å².